The third kappa shape index (κ3) is 6.71. The minimum atomic E-state index is -2.28. The van der Waals surface area contributed by atoms with Gasteiger partial charge in [-0.15, -0.1) is 0 Å². The normalized spacial score (nSPS) is 9.93. The summed E-state index contributed by atoms with van der Waals surface area (Å²) in [6, 6.07) is 1.77. The number of aromatic amines is 1. The van der Waals surface area contributed by atoms with Crippen molar-refractivity contribution >= 4 is 46.7 Å². The molecule has 0 atom stereocenters. The Hall–Kier alpha value is -0.780. The molecular formula is C6H6Cl3N3O2. The van der Waals surface area contributed by atoms with E-state index in [2.05, 4.69) is 9.97 Å². The Balaban J connectivity index is 0.000000241. The summed E-state index contributed by atoms with van der Waals surface area (Å²) in [6.07, 6.45) is 3.36. The molecule has 0 unspecified atom stereocenters. The highest BCUT2D eigenvalue weighted by molar-refractivity contribution is 6.75. The number of carbonyl (C=O) groups excluding carboxylic acids is 1. The molecule has 8 heteroatoms. The summed E-state index contributed by atoms with van der Waals surface area (Å²) >= 11 is 14.2. The molecule has 1 heterocycles. The van der Waals surface area contributed by atoms with Crippen LogP contribution in [0.3, 0.4) is 0 Å². The zero-order chi connectivity index (χ0) is 11.2. The van der Waals surface area contributed by atoms with Crippen LogP contribution in [0, 0.1) is 0 Å². The SMILES string of the molecule is Nc1nccc[nH+]1.O=C([O-])C(Cl)(Cl)Cl. The molecule has 0 fully saturated rings. The van der Waals surface area contributed by atoms with E-state index in [0.29, 0.717) is 5.95 Å². The number of nitrogens with one attached hydrogen (secondary N) is 1. The topological polar surface area (TPSA) is 93.2 Å². The lowest BCUT2D eigenvalue weighted by molar-refractivity contribution is -0.364. The van der Waals surface area contributed by atoms with Gasteiger partial charge in [-0.1, -0.05) is 39.8 Å². The van der Waals surface area contributed by atoms with E-state index >= 15 is 0 Å². The summed E-state index contributed by atoms with van der Waals surface area (Å²) in [7, 11) is 0. The van der Waals surface area contributed by atoms with Crippen molar-refractivity contribution in [3.63, 3.8) is 0 Å². The summed E-state index contributed by atoms with van der Waals surface area (Å²) in [5, 5.41) is 9.51. The van der Waals surface area contributed by atoms with E-state index in [4.69, 9.17) is 40.5 Å². The summed E-state index contributed by atoms with van der Waals surface area (Å²) < 4.78 is -2.28. The Labute approximate surface area is 94.8 Å². The van der Waals surface area contributed by atoms with Crippen LogP contribution in [0.5, 0.6) is 0 Å². The third-order valence-corrected chi connectivity index (χ3v) is 1.32. The number of aliphatic carboxylic acids is 1. The molecule has 1 rings (SSSR count). The number of alkyl halides is 3. The number of halogens is 3. The predicted octanol–water partition coefficient (Wildman–Crippen LogP) is -0.416. The number of carboxylic acid groups (broad SMARTS) is 1. The van der Waals surface area contributed by atoms with Gasteiger partial charge in [0.1, 0.15) is 6.20 Å². The average Bonchev–Trinajstić information content (AvgIpc) is 2.04. The van der Waals surface area contributed by atoms with E-state index in [9.17, 15) is 9.90 Å². The quantitative estimate of drug-likeness (QED) is 0.640. The third-order valence-electron chi connectivity index (χ3n) is 0.859. The lowest BCUT2D eigenvalue weighted by Crippen LogP contribution is -2.35. The van der Waals surface area contributed by atoms with Crippen LogP contribution in [0.1, 0.15) is 0 Å². The van der Waals surface area contributed by atoms with E-state index in [1.54, 1.807) is 18.5 Å². The number of anilines is 1. The first-order chi connectivity index (χ1) is 6.34. The zero-order valence-corrected chi connectivity index (χ0v) is 8.97. The largest absolute Gasteiger partial charge is 0.545 e. The van der Waals surface area contributed by atoms with Gasteiger partial charge in [-0.2, -0.15) is 0 Å². The van der Waals surface area contributed by atoms with Crippen LogP contribution in [-0.2, 0) is 4.79 Å². The van der Waals surface area contributed by atoms with Gasteiger partial charge >= 0.3 is 5.95 Å². The molecule has 14 heavy (non-hydrogen) atoms. The van der Waals surface area contributed by atoms with Crippen LogP contribution >= 0.6 is 34.8 Å². The molecule has 0 saturated heterocycles. The molecule has 1 aromatic rings. The summed E-state index contributed by atoms with van der Waals surface area (Å²) in [4.78, 5) is 15.9. The average molecular weight is 258 g/mol. The van der Waals surface area contributed by atoms with Crippen molar-refractivity contribution in [1.29, 1.82) is 0 Å². The van der Waals surface area contributed by atoms with Gasteiger partial charge in [-0.3, -0.25) is 5.73 Å². The first-order valence-corrected chi connectivity index (χ1v) is 4.33. The summed E-state index contributed by atoms with van der Waals surface area (Å²) in [6.45, 7) is 0. The number of rotatable bonds is 0. The fraction of sp³-hybridized carbons (Fsp3) is 0.167. The number of hydrogen-bond acceptors (Lipinski definition) is 4. The highest BCUT2D eigenvalue weighted by atomic mass is 35.6. The molecule has 0 spiro atoms. The number of hydrogen-bond donors (Lipinski definition) is 1. The number of nitrogens with zero attached hydrogens (tertiary/aromatic N) is 1. The van der Waals surface area contributed by atoms with Crippen LogP contribution in [0.25, 0.3) is 0 Å². The van der Waals surface area contributed by atoms with Gasteiger partial charge in [0.25, 0.3) is 0 Å². The second-order valence-electron chi connectivity index (χ2n) is 1.95. The zero-order valence-electron chi connectivity index (χ0n) is 6.71. The number of nitrogens with two attached hydrogens (primary N) is 1. The molecule has 1 aromatic heterocycles. The maximum absolute atomic E-state index is 9.51. The van der Waals surface area contributed by atoms with E-state index < -0.39 is 9.76 Å². The number of carboxylic acids is 1. The second kappa shape index (κ2) is 5.85. The van der Waals surface area contributed by atoms with Gasteiger partial charge in [-0.05, 0) is 0 Å². The maximum Gasteiger partial charge on any atom is 0.386 e. The van der Waals surface area contributed by atoms with Crippen molar-refractivity contribution in [2.75, 3.05) is 5.73 Å². The van der Waals surface area contributed by atoms with Gasteiger partial charge in [0, 0.05) is 6.07 Å². The Morgan fingerprint density at radius 2 is 2.07 bits per heavy atom. The molecule has 0 amide bonds. The molecule has 0 aliphatic carbocycles. The van der Waals surface area contributed by atoms with Gasteiger partial charge in [0.05, 0.1) is 12.2 Å². The molecule has 0 radical (unpaired) electrons. The van der Waals surface area contributed by atoms with Crippen molar-refractivity contribution in [1.82, 2.24) is 4.98 Å². The highest BCUT2D eigenvalue weighted by Crippen LogP contribution is 2.24. The molecule has 0 aliphatic rings. The van der Waals surface area contributed by atoms with Gasteiger partial charge < -0.3 is 9.90 Å². The molecule has 0 bridgehead atoms. The first kappa shape index (κ1) is 13.2. The highest BCUT2D eigenvalue weighted by Gasteiger charge is 2.20. The molecule has 0 aliphatic heterocycles. The summed E-state index contributed by atoms with van der Waals surface area (Å²) in [5.41, 5.74) is 5.19. The first-order valence-electron chi connectivity index (χ1n) is 3.20. The standard InChI is InChI=1S/C4H5N3.C2HCl3O2/c5-4-6-2-1-3-7-4;3-2(4,5)1(6)7/h1-3H,(H2,5,6,7);(H,6,7). The van der Waals surface area contributed by atoms with E-state index in [0.717, 1.165) is 0 Å². The second-order valence-corrected chi connectivity index (χ2v) is 4.23. The number of carbonyl (C=O) groups is 1. The monoisotopic (exact) mass is 257 g/mol. The molecule has 5 nitrogen and oxygen atoms in total. The Morgan fingerprint density at radius 3 is 2.21 bits per heavy atom. The molecule has 0 saturated carbocycles. The maximum atomic E-state index is 9.51. The van der Waals surface area contributed by atoms with Crippen molar-refractivity contribution < 1.29 is 14.9 Å². The smallest absolute Gasteiger partial charge is 0.386 e. The number of aromatic nitrogens is 2. The van der Waals surface area contributed by atoms with E-state index in [1.807, 2.05) is 0 Å². The fourth-order valence-electron chi connectivity index (χ4n) is 0.337. The van der Waals surface area contributed by atoms with Crippen LogP contribution in [0.4, 0.5) is 5.95 Å². The van der Waals surface area contributed by atoms with Gasteiger partial charge in [0.15, 0.2) is 0 Å². The summed E-state index contributed by atoms with van der Waals surface area (Å²) in [5.74, 6) is -1.26. The van der Waals surface area contributed by atoms with Crippen LogP contribution in [-0.4, -0.2) is 14.7 Å². The van der Waals surface area contributed by atoms with Crippen molar-refractivity contribution in [3.05, 3.63) is 18.5 Å². The Kier molecular flexibility index (Phi) is 5.52. The number of nitrogen functional groups attached to an aromatic ring is 1. The molecular weight excluding hydrogens is 252 g/mol. The lowest BCUT2D eigenvalue weighted by atomic mass is 10.7. The van der Waals surface area contributed by atoms with Gasteiger partial charge in [-0.25, -0.2) is 4.98 Å². The predicted molar refractivity (Wildman–Crippen MR) is 50.5 cm³/mol. The molecule has 78 valence electrons. The van der Waals surface area contributed by atoms with Crippen molar-refractivity contribution in [2.45, 2.75) is 3.79 Å². The van der Waals surface area contributed by atoms with Crippen LogP contribution in [0.15, 0.2) is 18.5 Å². The van der Waals surface area contributed by atoms with Crippen LogP contribution < -0.4 is 15.8 Å². The lowest BCUT2D eigenvalue weighted by Gasteiger charge is -2.09. The molecule has 0 aromatic carbocycles. The Bertz CT molecular complexity index is 288. The van der Waals surface area contributed by atoms with E-state index in [1.165, 1.54) is 0 Å². The minimum absolute atomic E-state index is 0.447. The van der Waals surface area contributed by atoms with Gasteiger partial charge in [0.2, 0.25) is 3.79 Å². The van der Waals surface area contributed by atoms with Crippen LogP contribution in [0.2, 0.25) is 0 Å². The number of H-pyrrole nitrogens is 1. The minimum Gasteiger partial charge on any atom is -0.545 e. The fourth-order valence-corrected chi connectivity index (χ4v) is 0.337. The van der Waals surface area contributed by atoms with Crippen molar-refractivity contribution in [2.24, 2.45) is 0 Å². The molecule has 3 N–H and O–H groups in total. The Morgan fingerprint density at radius 1 is 1.57 bits per heavy atom. The van der Waals surface area contributed by atoms with E-state index in [-0.39, 0.29) is 0 Å². The van der Waals surface area contributed by atoms with Crippen molar-refractivity contribution in [3.8, 4) is 0 Å².